The van der Waals surface area contributed by atoms with E-state index in [1.807, 2.05) is 48.5 Å². The van der Waals surface area contributed by atoms with Gasteiger partial charge in [0.15, 0.2) is 11.5 Å². The molecule has 0 atom stereocenters. The Balaban J connectivity index is 1.56. The standard InChI is InChI=1S/C28H20Cl2N2O3/c1-34-26-15-18(13-21(16-31)28(33)32-23-11-9-22(29)10-12-23)14-25(30)27(26)35-17-20-7-4-6-19-5-2-3-8-24(19)20/h2-15H,17H2,1H3,(H,32,33)/b21-13-. The van der Waals surface area contributed by atoms with Crippen molar-refractivity contribution in [2.24, 2.45) is 0 Å². The summed E-state index contributed by atoms with van der Waals surface area (Å²) in [5.74, 6) is 0.212. The molecule has 0 bridgehead atoms. The highest BCUT2D eigenvalue weighted by Gasteiger charge is 2.15. The molecule has 0 heterocycles. The number of hydrogen-bond donors (Lipinski definition) is 1. The van der Waals surface area contributed by atoms with Crippen LogP contribution in [0.25, 0.3) is 16.8 Å². The van der Waals surface area contributed by atoms with Crippen LogP contribution in [0.5, 0.6) is 11.5 Å². The van der Waals surface area contributed by atoms with Crippen LogP contribution < -0.4 is 14.8 Å². The lowest BCUT2D eigenvalue weighted by Crippen LogP contribution is -2.13. The second-order valence-corrected chi connectivity index (χ2v) is 8.44. The van der Waals surface area contributed by atoms with Crippen LogP contribution in [-0.2, 0) is 11.4 Å². The van der Waals surface area contributed by atoms with Crippen LogP contribution in [0.15, 0.2) is 84.4 Å². The van der Waals surface area contributed by atoms with Gasteiger partial charge in [0, 0.05) is 10.7 Å². The number of rotatable bonds is 7. The maximum Gasteiger partial charge on any atom is 0.266 e. The van der Waals surface area contributed by atoms with E-state index in [1.165, 1.54) is 13.2 Å². The lowest BCUT2D eigenvalue weighted by molar-refractivity contribution is -0.112. The minimum Gasteiger partial charge on any atom is -0.493 e. The summed E-state index contributed by atoms with van der Waals surface area (Å²) < 4.78 is 11.5. The fraction of sp³-hybridized carbons (Fsp3) is 0.0714. The SMILES string of the molecule is COc1cc(/C=C(/C#N)C(=O)Nc2ccc(Cl)cc2)cc(Cl)c1OCc1cccc2ccccc12. The number of nitrogens with zero attached hydrogens (tertiary/aromatic N) is 1. The zero-order valence-corrected chi connectivity index (χ0v) is 20.2. The van der Waals surface area contributed by atoms with Gasteiger partial charge in [-0.3, -0.25) is 4.79 Å². The third kappa shape index (κ3) is 5.75. The molecule has 4 aromatic rings. The summed E-state index contributed by atoms with van der Waals surface area (Å²) in [5.41, 5.74) is 1.96. The van der Waals surface area contributed by atoms with Crippen molar-refractivity contribution in [3.8, 4) is 17.6 Å². The fourth-order valence-electron chi connectivity index (χ4n) is 3.58. The summed E-state index contributed by atoms with van der Waals surface area (Å²) in [5, 5.41) is 15.3. The number of nitrogens with one attached hydrogen (secondary N) is 1. The average molecular weight is 503 g/mol. The maximum atomic E-state index is 12.6. The van der Waals surface area contributed by atoms with Gasteiger partial charge in [0.2, 0.25) is 0 Å². The molecule has 0 saturated carbocycles. The first-order valence-electron chi connectivity index (χ1n) is 10.6. The van der Waals surface area contributed by atoms with Crippen LogP contribution in [-0.4, -0.2) is 13.0 Å². The zero-order valence-electron chi connectivity index (χ0n) is 18.7. The Hall–Kier alpha value is -3.98. The van der Waals surface area contributed by atoms with Crippen molar-refractivity contribution in [2.45, 2.75) is 6.61 Å². The smallest absolute Gasteiger partial charge is 0.266 e. The van der Waals surface area contributed by atoms with Crippen molar-refractivity contribution in [2.75, 3.05) is 12.4 Å². The third-order valence-corrected chi connectivity index (χ3v) is 5.81. The largest absolute Gasteiger partial charge is 0.493 e. The van der Waals surface area contributed by atoms with E-state index < -0.39 is 5.91 Å². The van der Waals surface area contributed by atoms with Crippen LogP contribution >= 0.6 is 23.2 Å². The van der Waals surface area contributed by atoms with E-state index >= 15 is 0 Å². The Labute approximate surface area is 213 Å². The molecule has 5 nitrogen and oxygen atoms in total. The second kappa shape index (κ2) is 11.0. The molecule has 0 saturated heterocycles. The molecule has 0 aliphatic rings. The Bertz CT molecular complexity index is 1450. The summed E-state index contributed by atoms with van der Waals surface area (Å²) in [6.45, 7) is 0.291. The quantitative estimate of drug-likeness (QED) is 0.213. The van der Waals surface area contributed by atoms with E-state index in [9.17, 15) is 10.1 Å². The first-order chi connectivity index (χ1) is 17.0. The van der Waals surface area contributed by atoms with Gasteiger partial charge in [-0.2, -0.15) is 5.26 Å². The van der Waals surface area contributed by atoms with E-state index in [4.69, 9.17) is 32.7 Å². The molecule has 35 heavy (non-hydrogen) atoms. The summed E-state index contributed by atoms with van der Waals surface area (Å²) in [6.07, 6.45) is 1.44. The highest BCUT2D eigenvalue weighted by Crippen LogP contribution is 2.38. The first-order valence-corrected chi connectivity index (χ1v) is 11.4. The number of carbonyl (C=O) groups is 1. The number of carbonyl (C=O) groups excluding carboxylic acids is 1. The van der Waals surface area contributed by atoms with Crippen molar-refractivity contribution in [3.05, 3.63) is 106 Å². The van der Waals surface area contributed by atoms with Gasteiger partial charge in [-0.05, 0) is 64.4 Å². The molecular formula is C28H20Cl2N2O3. The van der Waals surface area contributed by atoms with Gasteiger partial charge < -0.3 is 14.8 Å². The molecule has 0 aliphatic heterocycles. The number of amides is 1. The minimum absolute atomic E-state index is 0.0949. The number of halogens is 2. The molecule has 174 valence electrons. The monoisotopic (exact) mass is 502 g/mol. The Morgan fingerprint density at radius 2 is 1.77 bits per heavy atom. The molecule has 4 rings (SSSR count). The highest BCUT2D eigenvalue weighted by atomic mass is 35.5. The summed E-state index contributed by atoms with van der Waals surface area (Å²) in [6, 6.07) is 25.9. The molecular weight excluding hydrogens is 483 g/mol. The predicted molar refractivity (Wildman–Crippen MR) is 140 cm³/mol. The lowest BCUT2D eigenvalue weighted by Gasteiger charge is -2.14. The van der Waals surface area contributed by atoms with Gasteiger partial charge in [0.25, 0.3) is 5.91 Å². The molecule has 0 aromatic heterocycles. The van der Waals surface area contributed by atoms with Crippen molar-refractivity contribution < 1.29 is 14.3 Å². The highest BCUT2D eigenvalue weighted by molar-refractivity contribution is 6.32. The number of anilines is 1. The summed E-state index contributed by atoms with van der Waals surface area (Å²) in [4.78, 5) is 12.6. The second-order valence-electron chi connectivity index (χ2n) is 7.59. The fourth-order valence-corrected chi connectivity index (χ4v) is 3.98. The molecule has 0 spiro atoms. The number of ether oxygens (including phenoxy) is 2. The summed E-state index contributed by atoms with van der Waals surface area (Å²) in [7, 11) is 1.50. The molecule has 0 aliphatic carbocycles. The first kappa shape index (κ1) is 24.2. The van der Waals surface area contributed by atoms with E-state index in [0.717, 1.165) is 16.3 Å². The van der Waals surface area contributed by atoms with E-state index in [0.29, 0.717) is 39.4 Å². The maximum absolute atomic E-state index is 12.6. The predicted octanol–water partition coefficient (Wildman–Crippen LogP) is 7.28. The van der Waals surface area contributed by atoms with Crippen LogP contribution in [0.1, 0.15) is 11.1 Å². The Morgan fingerprint density at radius 3 is 2.51 bits per heavy atom. The third-order valence-electron chi connectivity index (χ3n) is 5.28. The van der Waals surface area contributed by atoms with Crippen molar-refractivity contribution in [3.63, 3.8) is 0 Å². The zero-order chi connectivity index (χ0) is 24.8. The van der Waals surface area contributed by atoms with Gasteiger partial charge in [-0.25, -0.2) is 0 Å². The van der Waals surface area contributed by atoms with Crippen LogP contribution in [0.4, 0.5) is 5.69 Å². The van der Waals surface area contributed by atoms with Gasteiger partial charge in [0.05, 0.1) is 12.1 Å². The average Bonchev–Trinajstić information content (AvgIpc) is 2.87. The normalized spacial score (nSPS) is 11.1. The van der Waals surface area contributed by atoms with E-state index in [-0.39, 0.29) is 5.57 Å². The molecule has 1 N–H and O–H groups in total. The molecule has 1 amide bonds. The van der Waals surface area contributed by atoms with Gasteiger partial charge in [0.1, 0.15) is 18.2 Å². The van der Waals surface area contributed by atoms with Crippen molar-refractivity contribution >= 4 is 51.6 Å². The van der Waals surface area contributed by atoms with Crippen molar-refractivity contribution in [1.82, 2.24) is 0 Å². The van der Waals surface area contributed by atoms with E-state index in [1.54, 1.807) is 36.4 Å². The van der Waals surface area contributed by atoms with Crippen LogP contribution in [0.3, 0.4) is 0 Å². The van der Waals surface area contributed by atoms with Crippen molar-refractivity contribution in [1.29, 1.82) is 5.26 Å². The molecule has 0 unspecified atom stereocenters. The van der Waals surface area contributed by atoms with E-state index in [2.05, 4.69) is 5.32 Å². The Morgan fingerprint density at radius 1 is 1.03 bits per heavy atom. The van der Waals surface area contributed by atoms with Gasteiger partial charge >= 0.3 is 0 Å². The Kier molecular flexibility index (Phi) is 7.57. The van der Waals surface area contributed by atoms with Crippen LogP contribution in [0.2, 0.25) is 10.0 Å². The lowest BCUT2D eigenvalue weighted by atomic mass is 10.1. The number of fused-ring (bicyclic) bond motifs is 1. The molecule has 0 radical (unpaired) electrons. The minimum atomic E-state index is -0.554. The molecule has 4 aromatic carbocycles. The topological polar surface area (TPSA) is 71.3 Å². The van der Waals surface area contributed by atoms with Gasteiger partial charge in [-0.1, -0.05) is 65.7 Å². The number of hydrogen-bond acceptors (Lipinski definition) is 4. The van der Waals surface area contributed by atoms with Gasteiger partial charge in [-0.15, -0.1) is 0 Å². The van der Waals surface area contributed by atoms with Crippen LogP contribution in [0, 0.1) is 11.3 Å². The molecule has 0 fully saturated rings. The number of methoxy groups -OCH3 is 1. The number of nitriles is 1. The number of benzene rings is 4. The summed E-state index contributed by atoms with van der Waals surface area (Å²) >= 11 is 12.4. The molecule has 7 heteroatoms.